The van der Waals surface area contributed by atoms with Gasteiger partial charge in [0.1, 0.15) is 11.4 Å². The lowest BCUT2D eigenvalue weighted by Gasteiger charge is -2.39. The Morgan fingerprint density at radius 3 is 2.65 bits per heavy atom. The molecular weight excluding hydrogens is 288 g/mol. The molecule has 2 heterocycles. The molecule has 4 heteroatoms. The molecule has 0 radical (unpaired) electrons. The predicted octanol–water partition coefficient (Wildman–Crippen LogP) is 3.31. The van der Waals surface area contributed by atoms with Gasteiger partial charge < -0.3 is 14.8 Å². The number of nitrogens with zero attached hydrogens (tertiary/aromatic N) is 1. The molecule has 3 rings (SSSR count). The van der Waals surface area contributed by atoms with Crippen LogP contribution in [0.3, 0.4) is 0 Å². The van der Waals surface area contributed by atoms with E-state index < -0.39 is 0 Å². The fourth-order valence-corrected chi connectivity index (χ4v) is 3.62. The van der Waals surface area contributed by atoms with Crippen molar-refractivity contribution < 1.29 is 9.47 Å². The van der Waals surface area contributed by atoms with E-state index in [2.05, 4.69) is 63.0 Å². The third-order valence-corrected chi connectivity index (χ3v) is 4.74. The summed E-state index contributed by atoms with van der Waals surface area (Å²) in [6, 6.07) is 7.07. The van der Waals surface area contributed by atoms with Crippen molar-refractivity contribution in [1.29, 1.82) is 0 Å². The maximum absolute atomic E-state index is 6.03. The van der Waals surface area contributed by atoms with E-state index >= 15 is 0 Å². The molecular formula is C19H30N2O2. The van der Waals surface area contributed by atoms with Gasteiger partial charge in [0.2, 0.25) is 0 Å². The topological polar surface area (TPSA) is 33.7 Å². The number of fused-ring (bicyclic) bond motifs is 1. The molecule has 2 aliphatic rings. The Balaban J connectivity index is 1.66. The highest BCUT2D eigenvalue weighted by molar-refractivity contribution is 5.60. The van der Waals surface area contributed by atoms with E-state index in [1.165, 1.54) is 5.56 Å². The summed E-state index contributed by atoms with van der Waals surface area (Å²) in [5.74, 6) is 0.964. The van der Waals surface area contributed by atoms with Gasteiger partial charge in [-0.3, -0.25) is 4.90 Å². The van der Waals surface area contributed by atoms with Gasteiger partial charge in [-0.15, -0.1) is 0 Å². The summed E-state index contributed by atoms with van der Waals surface area (Å²) in [6.07, 6.45) is 1.70. The number of hydrogen-bond acceptors (Lipinski definition) is 4. The van der Waals surface area contributed by atoms with Crippen LogP contribution in [-0.2, 0) is 11.2 Å². The summed E-state index contributed by atoms with van der Waals surface area (Å²) >= 11 is 0. The predicted molar refractivity (Wildman–Crippen MR) is 94.4 cm³/mol. The Kier molecular flexibility index (Phi) is 4.56. The van der Waals surface area contributed by atoms with Crippen LogP contribution in [0.4, 0.5) is 5.69 Å². The number of morpholine rings is 1. The fraction of sp³-hybridized carbons (Fsp3) is 0.684. The highest BCUT2D eigenvalue weighted by Crippen LogP contribution is 2.33. The zero-order valence-electron chi connectivity index (χ0n) is 15.1. The number of nitrogens with one attached hydrogen (secondary N) is 1. The average molecular weight is 318 g/mol. The molecule has 1 N–H and O–H groups in total. The van der Waals surface area contributed by atoms with Gasteiger partial charge in [0, 0.05) is 19.1 Å². The summed E-state index contributed by atoms with van der Waals surface area (Å²) < 4.78 is 11.9. The number of hydrogen-bond donors (Lipinski definition) is 1. The Morgan fingerprint density at radius 1 is 1.26 bits per heavy atom. The number of anilines is 1. The van der Waals surface area contributed by atoms with Crippen LogP contribution in [0.5, 0.6) is 5.75 Å². The lowest BCUT2D eigenvalue weighted by Crippen LogP contribution is -2.49. The van der Waals surface area contributed by atoms with Gasteiger partial charge in [0.15, 0.2) is 0 Å². The number of ether oxygens (including phenoxy) is 2. The quantitative estimate of drug-likeness (QED) is 0.927. The van der Waals surface area contributed by atoms with Crippen molar-refractivity contribution in [3.05, 3.63) is 23.8 Å². The molecule has 0 saturated carbocycles. The first-order valence-electron chi connectivity index (χ1n) is 8.78. The van der Waals surface area contributed by atoms with E-state index in [-0.39, 0.29) is 5.60 Å². The first-order valence-corrected chi connectivity index (χ1v) is 8.78. The molecule has 2 aliphatic heterocycles. The van der Waals surface area contributed by atoms with Gasteiger partial charge in [-0.1, -0.05) is 6.07 Å². The summed E-state index contributed by atoms with van der Waals surface area (Å²) in [5, 5.41) is 3.50. The van der Waals surface area contributed by atoms with Crippen LogP contribution in [0.1, 0.15) is 40.2 Å². The van der Waals surface area contributed by atoms with Gasteiger partial charge in [0.05, 0.1) is 24.4 Å². The average Bonchev–Trinajstić information content (AvgIpc) is 2.46. The molecule has 1 fully saturated rings. The zero-order chi connectivity index (χ0) is 16.6. The number of rotatable bonds is 3. The Hall–Kier alpha value is -1.26. The van der Waals surface area contributed by atoms with Crippen molar-refractivity contribution in [3.63, 3.8) is 0 Å². The van der Waals surface area contributed by atoms with Gasteiger partial charge >= 0.3 is 0 Å². The van der Waals surface area contributed by atoms with Crippen LogP contribution in [-0.4, -0.2) is 48.4 Å². The van der Waals surface area contributed by atoms with E-state index in [0.29, 0.717) is 18.2 Å². The lowest BCUT2D eigenvalue weighted by atomic mass is 10.0. The van der Waals surface area contributed by atoms with Crippen molar-refractivity contribution in [2.45, 2.75) is 64.9 Å². The zero-order valence-corrected chi connectivity index (χ0v) is 15.1. The van der Waals surface area contributed by atoms with Gasteiger partial charge in [-0.2, -0.15) is 0 Å². The highest BCUT2D eigenvalue weighted by Gasteiger charge is 2.28. The van der Waals surface area contributed by atoms with E-state index in [0.717, 1.165) is 37.5 Å². The second-order valence-electron chi connectivity index (χ2n) is 7.81. The minimum Gasteiger partial charge on any atom is -0.484 e. The summed E-state index contributed by atoms with van der Waals surface area (Å²) in [4.78, 5) is 2.55. The fourth-order valence-electron chi connectivity index (χ4n) is 3.62. The number of benzene rings is 1. The molecule has 3 atom stereocenters. The summed E-state index contributed by atoms with van der Waals surface area (Å²) in [7, 11) is 0. The third kappa shape index (κ3) is 3.99. The van der Waals surface area contributed by atoms with Crippen molar-refractivity contribution in [1.82, 2.24) is 4.90 Å². The molecule has 0 spiro atoms. The van der Waals surface area contributed by atoms with Crippen LogP contribution in [0.2, 0.25) is 0 Å². The van der Waals surface area contributed by atoms with Crippen molar-refractivity contribution in [2.24, 2.45) is 0 Å². The summed E-state index contributed by atoms with van der Waals surface area (Å²) in [6.45, 7) is 13.8. The maximum Gasteiger partial charge on any atom is 0.143 e. The van der Waals surface area contributed by atoms with Crippen LogP contribution in [0, 0.1) is 0 Å². The largest absolute Gasteiger partial charge is 0.484 e. The molecule has 1 aromatic carbocycles. The molecule has 0 bridgehead atoms. The van der Waals surface area contributed by atoms with E-state index in [1.807, 2.05) is 0 Å². The molecule has 0 aromatic heterocycles. The highest BCUT2D eigenvalue weighted by atomic mass is 16.5. The molecule has 1 saturated heterocycles. The van der Waals surface area contributed by atoms with Crippen LogP contribution < -0.4 is 10.1 Å². The molecule has 0 amide bonds. The summed E-state index contributed by atoms with van der Waals surface area (Å²) in [5.41, 5.74) is 2.35. The van der Waals surface area contributed by atoms with E-state index in [1.54, 1.807) is 0 Å². The monoisotopic (exact) mass is 318 g/mol. The van der Waals surface area contributed by atoms with Gasteiger partial charge in [0.25, 0.3) is 0 Å². The normalized spacial score (nSPS) is 28.4. The van der Waals surface area contributed by atoms with E-state index in [9.17, 15) is 0 Å². The molecule has 1 aromatic rings. The van der Waals surface area contributed by atoms with Gasteiger partial charge in [-0.25, -0.2) is 0 Å². The van der Waals surface area contributed by atoms with Crippen molar-refractivity contribution >= 4 is 5.69 Å². The smallest absolute Gasteiger partial charge is 0.143 e. The third-order valence-electron chi connectivity index (χ3n) is 4.74. The van der Waals surface area contributed by atoms with Gasteiger partial charge in [-0.05, 0) is 58.7 Å². The van der Waals surface area contributed by atoms with Crippen molar-refractivity contribution in [3.8, 4) is 5.75 Å². The van der Waals surface area contributed by atoms with Crippen LogP contribution >= 0.6 is 0 Å². The maximum atomic E-state index is 6.03. The molecule has 128 valence electrons. The molecule has 3 unspecified atom stereocenters. The van der Waals surface area contributed by atoms with Crippen molar-refractivity contribution in [2.75, 3.05) is 25.0 Å². The standard InChI is InChI=1S/C19H30N2O2/c1-13(21-10-14(2)22-15(3)11-21)8-16-6-7-18-17(9-16)20-12-19(4,5)23-18/h6-7,9,13-15,20H,8,10-12H2,1-5H3. The lowest BCUT2D eigenvalue weighted by molar-refractivity contribution is -0.0782. The molecule has 0 aliphatic carbocycles. The van der Waals surface area contributed by atoms with Crippen LogP contribution in [0.15, 0.2) is 18.2 Å². The Labute approximate surface area is 140 Å². The van der Waals surface area contributed by atoms with E-state index in [4.69, 9.17) is 9.47 Å². The SMILES string of the molecule is CC1CN(C(C)Cc2ccc3c(c2)NCC(C)(C)O3)CC(C)O1. The minimum atomic E-state index is -0.137. The first kappa shape index (κ1) is 16.6. The minimum absolute atomic E-state index is 0.137. The second-order valence-corrected chi connectivity index (χ2v) is 7.81. The Morgan fingerprint density at radius 2 is 1.96 bits per heavy atom. The van der Waals surface area contributed by atoms with Crippen LogP contribution in [0.25, 0.3) is 0 Å². The first-order chi connectivity index (χ1) is 10.8. The Bertz CT molecular complexity index is 548. The molecule has 23 heavy (non-hydrogen) atoms. The molecule has 4 nitrogen and oxygen atoms in total. The second kappa shape index (κ2) is 6.33.